The van der Waals surface area contributed by atoms with E-state index < -0.39 is 10.7 Å². The third-order valence-corrected chi connectivity index (χ3v) is 3.91. The van der Waals surface area contributed by atoms with Gasteiger partial charge >= 0.3 is 0 Å². The van der Waals surface area contributed by atoms with Crippen molar-refractivity contribution in [3.63, 3.8) is 0 Å². The molecule has 1 aliphatic heterocycles. The van der Waals surface area contributed by atoms with Crippen molar-refractivity contribution in [1.82, 2.24) is 0 Å². The van der Waals surface area contributed by atoms with E-state index >= 15 is 0 Å². The lowest BCUT2D eigenvalue weighted by Gasteiger charge is -2.26. The van der Waals surface area contributed by atoms with Crippen LogP contribution in [0.4, 0.5) is 15.8 Å². The average molecular weight is 270 g/mol. The predicted octanol–water partition coefficient (Wildman–Crippen LogP) is 3.07. The standard InChI is InChI=1S/C12H15FN2O2S/c1-18-8-10-3-2-6-14(10)12-5-4-9(15(16)17)7-11(12)13/h4-5,7,10H,2-3,6,8H2,1H3. The Morgan fingerprint density at radius 3 is 3.00 bits per heavy atom. The van der Waals surface area contributed by atoms with Crippen molar-refractivity contribution in [2.24, 2.45) is 0 Å². The van der Waals surface area contributed by atoms with Crippen LogP contribution in [0.5, 0.6) is 0 Å². The molecule has 2 rings (SSSR count). The number of nitrogens with zero attached hydrogens (tertiary/aromatic N) is 2. The maximum atomic E-state index is 13.9. The predicted molar refractivity (Wildman–Crippen MR) is 71.8 cm³/mol. The molecule has 0 amide bonds. The quantitative estimate of drug-likeness (QED) is 0.623. The summed E-state index contributed by atoms with van der Waals surface area (Å²) in [7, 11) is 0. The van der Waals surface area contributed by atoms with Crippen LogP contribution in [0.25, 0.3) is 0 Å². The van der Waals surface area contributed by atoms with E-state index in [1.165, 1.54) is 12.1 Å². The van der Waals surface area contributed by atoms with Gasteiger partial charge < -0.3 is 4.90 Å². The van der Waals surface area contributed by atoms with Crippen LogP contribution in [-0.2, 0) is 0 Å². The molecule has 0 aliphatic carbocycles. The number of nitro benzene ring substituents is 1. The van der Waals surface area contributed by atoms with Crippen LogP contribution in [0.1, 0.15) is 12.8 Å². The first-order valence-corrected chi connectivity index (χ1v) is 7.22. The largest absolute Gasteiger partial charge is 0.365 e. The van der Waals surface area contributed by atoms with Gasteiger partial charge in [0.15, 0.2) is 5.82 Å². The molecule has 0 aromatic heterocycles. The molecule has 0 bridgehead atoms. The lowest BCUT2D eigenvalue weighted by Crippen LogP contribution is -2.31. The van der Waals surface area contributed by atoms with Gasteiger partial charge in [0, 0.05) is 24.4 Å². The topological polar surface area (TPSA) is 46.4 Å². The molecule has 18 heavy (non-hydrogen) atoms. The molecule has 1 saturated heterocycles. The Hall–Kier alpha value is -1.30. The number of halogens is 1. The molecule has 4 nitrogen and oxygen atoms in total. The van der Waals surface area contributed by atoms with Crippen LogP contribution >= 0.6 is 11.8 Å². The highest BCUT2D eigenvalue weighted by atomic mass is 32.2. The van der Waals surface area contributed by atoms with Crippen LogP contribution < -0.4 is 4.90 Å². The van der Waals surface area contributed by atoms with E-state index in [-0.39, 0.29) is 5.69 Å². The Morgan fingerprint density at radius 1 is 1.61 bits per heavy atom. The highest BCUT2D eigenvalue weighted by Crippen LogP contribution is 2.31. The second-order valence-corrected chi connectivity index (χ2v) is 5.25. The summed E-state index contributed by atoms with van der Waals surface area (Å²) >= 11 is 1.74. The summed E-state index contributed by atoms with van der Waals surface area (Å²) in [6, 6.07) is 4.22. The van der Waals surface area contributed by atoms with Crippen molar-refractivity contribution in [2.45, 2.75) is 18.9 Å². The zero-order chi connectivity index (χ0) is 13.1. The molecule has 1 heterocycles. The first-order valence-electron chi connectivity index (χ1n) is 5.83. The molecular weight excluding hydrogens is 255 g/mol. The molecule has 0 saturated carbocycles. The lowest BCUT2D eigenvalue weighted by atomic mass is 10.2. The molecular formula is C12H15FN2O2S. The highest BCUT2D eigenvalue weighted by molar-refractivity contribution is 7.98. The average Bonchev–Trinajstić information content (AvgIpc) is 2.77. The summed E-state index contributed by atoms with van der Waals surface area (Å²) in [5, 5.41) is 10.6. The van der Waals surface area contributed by atoms with E-state index in [0.717, 1.165) is 31.2 Å². The number of rotatable bonds is 4. The third-order valence-electron chi connectivity index (χ3n) is 3.19. The van der Waals surface area contributed by atoms with Crippen LogP contribution in [0.15, 0.2) is 18.2 Å². The lowest BCUT2D eigenvalue weighted by molar-refractivity contribution is -0.385. The van der Waals surface area contributed by atoms with E-state index in [1.807, 2.05) is 11.2 Å². The second-order valence-electron chi connectivity index (χ2n) is 4.34. The first kappa shape index (κ1) is 13.1. The Morgan fingerprint density at radius 2 is 2.39 bits per heavy atom. The minimum atomic E-state index is -0.573. The Balaban J connectivity index is 2.25. The molecule has 0 spiro atoms. The van der Waals surface area contributed by atoms with Crippen molar-refractivity contribution in [3.05, 3.63) is 34.1 Å². The SMILES string of the molecule is CSCC1CCCN1c1ccc([N+](=O)[O-])cc1F. The Kier molecular flexibility index (Phi) is 4.06. The number of benzene rings is 1. The molecule has 6 heteroatoms. The minimum Gasteiger partial charge on any atom is -0.365 e. The van der Waals surface area contributed by atoms with Crippen LogP contribution in [0.3, 0.4) is 0 Å². The number of anilines is 1. The van der Waals surface area contributed by atoms with Gasteiger partial charge in [-0.3, -0.25) is 10.1 Å². The summed E-state index contributed by atoms with van der Waals surface area (Å²) in [5.41, 5.74) is 0.286. The number of hydrogen-bond donors (Lipinski definition) is 0. The Bertz CT molecular complexity index is 456. The van der Waals surface area contributed by atoms with Crippen molar-refractivity contribution >= 4 is 23.1 Å². The zero-order valence-electron chi connectivity index (χ0n) is 10.1. The second kappa shape index (κ2) is 5.56. The number of thioether (sulfide) groups is 1. The monoisotopic (exact) mass is 270 g/mol. The number of non-ortho nitro benzene ring substituents is 1. The number of nitro groups is 1. The fourth-order valence-electron chi connectivity index (χ4n) is 2.36. The van der Waals surface area contributed by atoms with Gasteiger partial charge in [-0.1, -0.05) is 0 Å². The van der Waals surface area contributed by atoms with Gasteiger partial charge in [-0.25, -0.2) is 4.39 Å². The van der Waals surface area contributed by atoms with Gasteiger partial charge in [-0.05, 0) is 25.2 Å². The van der Waals surface area contributed by atoms with Gasteiger partial charge in [0.05, 0.1) is 16.7 Å². The van der Waals surface area contributed by atoms with E-state index in [2.05, 4.69) is 0 Å². The van der Waals surface area contributed by atoms with E-state index in [4.69, 9.17) is 0 Å². The van der Waals surface area contributed by atoms with Crippen LogP contribution in [0.2, 0.25) is 0 Å². The molecule has 1 fully saturated rings. The minimum absolute atomic E-state index is 0.197. The molecule has 1 aromatic carbocycles. The van der Waals surface area contributed by atoms with Crippen molar-refractivity contribution in [3.8, 4) is 0 Å². The van der Waals surface area contributed by atoms with E-state index in [1.54, 1.807) is 11.8 Å². The maximum Gasteiger partial charge on any atom is 0.272 e. The van der Waals surface area contributed by atoms with E-state index in [0.29, 0.717) is 11.7 Å². The molecule has 98 valence electrons. The van der Waals surface area contributed by atoms with Gasteiger partial charge in [0.2, 0.25) is 0 Å². The smallest absolute Gasteiger partial charge is 0.272 e. The fourth-order valence-corrected chi connectivity index (χ4v) is 3.09. The summed E-state index contributed by atoms with van der Waals surface area (Å²) in [6.07, 6.45) is 4.13. The maximum absolute atomic E-state index is 13.9. The van der Waals surface area contributed by atoms with Crippen molar-refractivity contribution < 1.29 is 9.31 Å². The highest BCUT2D eigenvalue weighted by Gasteiger charge is 2.26. The van der Waals surface area contributed by atoms with E-state index in [9.17, 15) is 14.5 Å². The molecule has 1 atom stereocenters. The molecule has 0 N–H and O–H groups in total. The van der Waals surface area contributed by atoms with Crippen LogP contribution in [0, 0.1) is 15.9 Å². The van der Waals surface area contributed by atoms with Gasteiger partial charge in [-0.15, -0.1) is 0 Å². The summed E-state index contributed by atoms with van der Waals surface area (Å²) in [5.74, 6) is 0.452. The molecule has 1 unspecified atom stereocenters. The third kappa shape index (κ3) is 2.58. The fraction of sp³-hybridized carbons (Fsp3) is 0.500. The van der Waals surface area contributed by atoms with Crippen molar-refractivity contribution in [2.75, 3.05) is 23.5 Å². The zero-order valence-corrected chi connectivity index (χ0v) is 11.0. The Labute approximate surface area is 109 Å². The van der Waals surface area contributed by atoms with Crippen LogP contribution in [-0.4, -0.2) is 29.5 Å². The summed E-state index contributed by atoms with van der Waals surface area (Å²) < 4.78 is 13.9. The van der Waals surface area contributed by atoms with Gasteiger partial charge in [0.1, 0.15) is 0 Å². The molecule has 1 aliphatic rings. The van der Waals surface area contributed by atoms with Crippen molar-refractivity contribution in [1.29, 1.82) is 0 Å². The molecule has 0 radical (unpaired) electrons. The normalized spacial score (nSPS) is 19.2. The summed E-state index contributed by atoms with van der Waals surface area (Å²) in [6.45, 7) is 0.819. The number of hydrogen-bond acceptors (Lipinski definition) is 4. The first-order chi connectivity index (χ1) is 8.63. The molecule has 1 aromatic rings. The van der Waals surface area contributed by atoms with Gasteiger partial charge in [0.25, 0.3) is 5.69 Å². The summed E-state index contributed by atoms with van der Waals surface area (Å²) in [4.78, 5) is 12.0. The van der Waals surface area contributed by atoms with Gasteiger partial charge in [-0.2, -0.15) is 11.8 Å².